The van der Waals surface area contributed by atoms with Crippen LogP contribution in [0.25, 0.3) is 17.3 Å². The molecule has 0 saturated heterocycles. The normalized spacial score (nSPS) is 14.2. The zero-order chi connectivity index (χ0) is 11.4. The first-order valence-electron chi connectivity index (χ1n) is 5.19. The van der Waals surface area contributed by atoms with Crippen LogP contribution in [0.1, 0.15) is 5.69 Å². The topological polar surface area (TPSA) is 67.2 Å². The number of fused-ring (bicyclic) bond motifs is 5. The molecule has 0 spiro atoms. The molecule has 17 heavy (non-hydrogen) atoms. The van der Waals surface area contributed by atoms with E-state index in [0.29, 0.717) is 5.36 Å². The van der Waals surface area contributed by atoms with Gasteiger partial charge in [0, 0.05) is 18.0 Å². The van der Waals surface area contributed by atoms with E-state index in [2.05, 4.69) is 20.3 Å². The Hall–Kier alpha value is -2.56. The van der Waals surface area contributed by atoms with Crippen LogP contribution < -0.4 is 15.9 Å². The second-order valence-electron chi connectivity index (χ2n) is 3.90. The summed E-state index contributed by atoms with van der Waals surface area (Å²) in [4.78, 5) is 23.8. The Morgan fingerprint density at radius 2 is 2.00 bits per heavy atom. The third kappa shape index (κ3) is 1.02. The molecule has 1 aromatic heterocycles. The van der Waals surface area contributed by atoms with E-state index in [0.717, 1.165) is 27.9 Å². The van der Waals surface area contributed by atoms with Crippen LogP contribution in [0.4, 0.5) is 10.5 Å². The fourth-order valence-electron chi connectivity index (χ4n) is 2.24. The number of aromatic nitrogens is 2. The number of benzene rings is 1. The van der Waals surface area contributed by atoms with Crippen molar-refractivity contribution in [3.05, 3.63) is 40.8 Å². The molecule has 2 aliphatic rings. The summed E-state index contributed by atoms with van der Waals surface area (Å²) >= 11 is 0. The van der Waals surface area contributed by atoms with E-state index >= 15 is 0 Å². The number of anilines is 1. The molecule has 80 valence electrons. The lowest BCUT2D eigenvalue weighted by Crippen LogP contribution is -2.12. The molecule has 0 unspecified atom stereocenters. The summed E-state index contributed by atoms with van der Waals surface area (Å²) in [5.41, 5.74) is 3.29. The van der Waals surface area contributed by atoms with Crippen molar-refractivity contribution in [1.82, 2.24) is 9.97 Å². The van der Waals surface area contributed by atoms with Crippen molar-refractivity contribution in [2.24, 2.45) is 4.99 Å². The average Bonchev–Trinajstić information content (AvgIpc) is 2.87. The number of rotatable bonds is 0. The lowest BCUT2D eigenvalue weighted by atomic mass is 10.1. The van der Waals surface area contributed by atoms with Crippen LogP contribution >= 0.6 is 0 Å². The Kier molecular flexibility index (Phi) is 1.39. The molecular formula is C12H6N4O. The lowest BCUT2D eigenvalue weighted by molar-refractivity contribution is 0.260. The van der Waals surface area contributed by atoms with Crippen molar-refractivity contribution in [1.29, 1.82) is 0 Å². The van der Waals surface area contributed by atoms with Crippen molar-refractivity contribution < 1.29 is 4.79 Å². The Bertz CT molecular complexity index is 795. The minimum absolute atomic E-state index is 0.328. The van der Waals surface area contributed by atoms with Gasteiger partial charge in [-0.05, 0) is 17.4 Å². The van der Waals surface area contributed by atoms with Crippen molar-refractivity contribution in [3.63, 3.8) is 0 Å². The standard InChI is InChI=1S/C12H6N4O/c17-12-15-7-2-1-6-5-8-10(14-4-3-13-8)9(6)11(7)16-12/h1-5H,(H,15,16,17). The molecule has 1 N–H and O–H groups in total. The molecule has 2 heterocycles. The van der Waals surface area contributed by atoms with E-state index in [1.165, 1.54) is 0 Å². The maximum Gasteiger partial charge on any atom is 0.346 e. The van der Waals surface area contributed by atoms with Gasteiger partial charge in [0.1, 0.15) is 0 Å². The molecule has 1 aliphatic carbocycles. The van der Waals surface area contributed by atoms with E-state index < -0.39 is 0 Å². The second-order valence-corrected chi connectivity index (χ2v) is 3.90. The molecule has 0 bridgehead atoms. The molecule has 0 saturated carbocycles. The highest BCUT2D eigenvalue weighted by atomic mass is 16.2. The molecule has 1 aromatic carbocycles. The third-order valence-corrected chi connectivity index (χ3v) is 2.93. The van der Waals surface area contributed by atoms with Crippen molar-refractivity contribution in [3.8, 4) is 11.3 Å². The summed E-state index contributed by atoms with van der Waals surface area (Å²) in [6.45, 7) is 0. The Morgan fingerprint density at radius 3 is 2.94 bits per heavy atom. The molecule has 0 radical (unpaired) electrons. The monoisotopic (exact) mass is 222 g/mol. The smallest absolute Gasteiger partial charge is 0.303 e. The maximum atomic E-state index is 11.3. The maximum absolute atomic E-state index is 11.3. The Labute approximate surface area is 95.6 Å². The van der Waals surface area contributed by atoms with Gasteiger partial charge in [0.15, 0.2) is 0 Å². The van der Waals surface area contributed by atoms with Gasteiger partial charge in [0.25, 0.3) is 0 Å². The van der Waals surface area contributed by atoms with E-state index in [4.69, 9.17) is 0 Å². The minimum atomic E-state index is -0.328. The first-order chi connectivity index (χ1) is 8.33. The van der Waals surface area contributed by atoms with Gasteiger partial charge in [0.2, 0.25) is 0 Å². The Morgan fingerprint density at radius 1 is 1.12 bits per heavy atom. The molecule has 2 amide bonds. The van der Waals surface area contributed by atoms with E-state index in [-0.39, 0.29) is 6.03 Å². The highest BCUT2D eigenvalue weighted by Gasteiger charge is 2.23. The van der Waals surface area contributed by atoms with Crippen molar-refractivity contribution in [2.45, 2.75) is 0 Å². The van der Waals surface area contributed by atoms with Crippen LogP contribution in [0.15, 0.2) is 29.5 Å². The number of carbonyl (C=O) groups excluding carboxylic acids is 1. The van der Waals surface area contributed by atoms with Crippen LogP contribution in [0.2, 0.25) is 0 Å². The quantitative estimate of drug-likeness (QED) is 0.600. The third-order valence-electron chi connectivity index (χ3n) is 2.93. The van der Waals surface area contributed by atoms with Gasteiger partial charge in [-0.2, -0.15) is 4.99 Å². The lowest BCUT2D eigenvalue weighted by Gasteiger charge is -2.03. The molecule has 0 fully saturated rings. The van der Waals surface area contributed by atoms with Crippen LogP contribution in [-0.4, -0.2) is 16.0 Å². The number of nitrogens with one attached hydrogen (secondary N) is 1. The number of hydrogen-bond donors (Lipinski definition) is 1. The summed E-state index contributed by atoms with van der Waals surface area (Å²) < 4.78 is 0. The SMILES string of the molecule is O=C1N=c2ccc3c(c2N1)-c1nccnc1C=3. The molecule has 2 aromatic rings. The predicted octanol–water partition coefficient (Wildman–Crippen LogP) is 0.451. The highest BCUT2D eigenvalue weighted by Crippen LogP contribution is 2.27. The van der Waals surface area contributed by atoms with Gasteiger partial charge in [-0.1, -0.05) is 6.07 Å². The number of hydrogen-bond acceptors (Lipinski definition) is 3. The minimum Gasteiger partial charge on any atom is -0.303 e. The highest BCUT2D eigenvalue weighted by molar-refractivity contribution is 6.00. The van der Waals surface area contributed by atoms with Crippen molar-refractivity contribution in [2.75, 3.05) is 5.32 Å². The van der Waals surface area contributed by atoms with E-state index in [1.54, 1.807) is 12.4 Å². The van der Waals surface area contributed by atoms with Gasteiger partial charge in [-0.25, -0.2) is 4.79 Å². The zero-order valence-electron chi connectivity index (χ0n) is 8.64. The van der Waals surface area contributed by atoms with Gasteiger partial charge in [-0.3, -0.25) is 9.97 Å². The van der Waals surface area contributed by atoms with Gasteiger partial charge in [-0.15, -0.1) is 0 Å². The molecule has 1 aliphatic heterocycles. The largest absolute Gasteiger partial charge is 0.346 e. The van der Waals surface area contributed by atoms with Gasteiger partial charge >= 0.3 is 6.03 Å². The molecule has 5 nitrogen and oxygen atoms in total. The number of urea groups is 1. The van der Waals surface area contributed by atoms with Crippen LogP contribution in [0.5, 0.6) is 0 Å². The number of carbonyl (C=O) groups is 1. The predicted molar refractivity (Wildman–Crippen MR) is 60.8 cm³/mol. The summed E-state index contributed by atoms with van der Waals surface area (Å²) in [6.07, 6.45) is 5.27. The van der Waals surface area contributed by atoms with Crippen LogP contribution in [-0.2, 0) is 0 Å². The molecular weight excluding hydrogens is 216 g/mol. The zero-order valence-corrected chi connectivity index (χ0v) is 8.64. The molecule has 4 rings (SSSR count). The van der Waals surface area contributed by atoms with Gasteiger partial charge in [0.05, 0.1) is 22.4 Å². The first kappa shape index (κ1) is 8.58. The fourth-order valence-corrected chi connectivity index (χ4v) is 2.24. The summed E-state index contributed by atoms with van der Waals surface area (Å²) in [6, 6.07) is 3.43. The summed E-state index contributed by atoms with van der Waals surface area (Å²) in [5, 5.41) is 4.43. The second kappa shape index (κ2) is 2.76. The van der Waals surface area contributed by atoms with Crippen LogP contribution in [0, 0.1) is 0 Å². The average molecular weight is 222 g/mol. The number of nitrogens with zero attached hydrogens (tertiary/aromatic N) is 3. The van der Waals surface area contributed by atoms with E-state index in [1.807, 2.05) is 18.2 Å². The summed E-state index contributed by atoms with van der Waals surface area (Å²) in [7, 11) is 0. The van der Waals surface area contributed by atoms with E-state index in [9.17, 15) is 4.79 Å². The van der Waals surface area contributed by atoms with Gasteiger partial charge < -0.3 is 5.32 Å². The number of amides is 2. The first-order valence-corrected chi connectivity index (χ1v) is 5.19. The molecule has 5 heteroatoms. The molecule has 0 atom stereocenters. The Balaban J connectivity index is 2.15. The van der Waals surface area contributed by atoms with Crippen molar-refractivity contribution >= 4 is 17.8 Å². The van der Waals surface area contributed by atoms with Crippen LogP contribution in [0.3, 0.4) is 0 Å². The fraction of sp³-hybridized carbons (Fsp3) is 0. The summed E-state index contributed by atoms with van der Waals surface area (Å²) in [5.74, 6) is 0.